The van der Waals surface area contributed by atoms with Gasteiger partial charge in [0.05, 0.1) is 24.2 Å². The molecule has 1 N–H and O–H groups in total. The normalized spacial score (nSPS) is 33.6. The number of nitrogens with zero attached hydrogens (tertiary/aromatic N) is 2. The molecule has 6 rings (SSSR count). The van der Waals surface area contributed by atoms with Gasteiger partial charge < -0.3 is 24.4 Å². The second-order valence-electron chi connectivity index (χ2n) is 10.4. The lowest BCUT2D eigenvalue weighted by atomic mass is 9.75. The highest BCUT2D eigenvalue weighted by Gasteiger charge is 2.75. The number of carbonyl (C=O) groups is 3. The fraction of sp³-hybridized carbons (Fsp3) is 0.414. The number of rotatable bonds is 4. The summed E-state index contributed by atoms with van der Waals surface area (Å²) in [5.41, 5.74) is -1.78. The minimum absolute atomic E-state index is 0.105. The van der Waals surface area contributed by atoms with Crippen molar-refractivity contribution in [1.29, 1.82) is 0 Å². The van der Waals surface area contributed by atoms with Crippen molar-refractivity contribution in [2.75, 3.05) is 24.7 Å². The van der Waals surface area contributed by atoms with E-state index in [1.54, 1.807) is 30.1 Å². The Bertz CT molecular complexity index is 1350. The molecule has 0 aliphatic carbocycles. The van der Waals surface area contributed by atoms with Crippen LogP contribution >= 0.6 is 0 Å². The molecule has 2 aromatic rings. The third-order valence-electron chi connectivity index (χ3n) is 8.37. The molecule has 0 aromatic heterocycles. The van der Waals surface area contributed by atoms with Crippen LogP contribution in [-0.2, 0) is 23.9 Å². The van der Waals surface area contributed by atoms with E-state index < -0.39 is 41.1 Å². The molecule has 0 radical (unpaired) electrons. The summed E-state index contributed by atoms with van der Waals surface area (Å²) in [5, 5.41) is 12.3. The van der Waals surface area contributed by atoms with Crippen LogP contribution in [0.15, 0.2) is 66.8 Å². The van der Waals surface area contributed by atoms with Crippen LogP contribution in [0.5, 0.6) is 0 Å². The largest absolute Gasteiger partial charge is 0.461 e. The van der Waals surface area contributed by atoms with Gasteiger partial charge in [0.15, 0.2) is 0 Å². The Morgan fingerprint density at radius 3 is 2.57 bits per heavy atom. The molecule has 4 aliphatic heterocycles. The van der Waals surface area contributed by atoms with Crippen molar-refractivity contribution in [3.05, 3.63) is 66.8 Å². The molecule has 2 fully saturated rings. The molecule has 1 unspecified atom stereocenters. The lowest BCUT2D eigenvalue weighted by Gasteiger charge is -2.39. The number of cyclic esters (lactones) is 1. The summed E-state index contributed by atoms with van der Waals surface area (Å²) < 4.78 is 12.1. The number of ether oxygens (including phenoxy) is 2. The van der Waals surface area contributed by atoms with Crippen molar-refractivity contribution in [3.63, 3.8) is 0 Å². The van der Waals surface area contributed by atoms with E-state index in [0.29, 0.717) is 12.1 Å². The van der Waals surface area contributed by atoms with E-state index in [0.717, 1.165) is 10.8 Å². The first-order valence-electron chi connectivity index (χ1n) is 12.8. The van der Waals surface area contributed by atoms with Gasteiger partial charge in [0.2, 0.25) is 5.91 Å². The lowest BCUT2D eigenvalue weighted by Crippen LogP contribution is -2.58. The van der Waals surface area contributed by atoms with Gasteiger partial charge in [-0.2, -0.15) is 0 Å². The monoisotopic (exact) mass is 502 g/mol. The third kappa shape index (κ3) is 3.32. The van der Waals surface area contributed by atoms with Gasteiger partial charge in [-0.1, -0.05) is 55.5 Å². The number of esters is 1. The molecule has 8 heteroatoms. The Kier molecular flexibility index (Phi) is 5.51. The number of anilines is 1. The Morgan fingerprint density at radius 2 is 1.81 bits per heavy atom. The number of likely N-dealkylation sites (tertiary alicyclic amines) is 1. The zero-order chi connectivity index (χ0) is 25.9. The minimum atomic E-state index is -1.37. The fourth-order valence-corrected chi connectivity index (χ4v) is 6.68. The van der Waals surface area contributed by atoms with E-state index in [2.05, 4.69) is 0 Å². The first-order valence-corrected chi connectivity index (χ1v) is 12.8. The summed E-state index contributed by atoms with van der Waals surface area (Å²) in [5.74, 6) is -3.05. The average Bonchev–Trinajstić information content (AvgIpc) is 3.15. The molecule has 37 heavy (non-hydrogen) atoms. The highest BCUT2D eigenvalue weighted by molar-refractivity contribution is 6.06. The number of aliphatic hydroxyl groups excluding tert-OH is 1. The van der Waals surface area contributed by atoms with E-state index in [1.165, 1.54) is 4.90 Å². The van der Waals surface area contributed by atoms with Crippen LogP contribution in [0.2, 0.25) is 0 Å². The minimum Gasteiger partial charge on any atom is -0.461 e. The van der Waals surface area contributed by atoms with Crippen molar-refractivity contribution < 1.29 is 29.0 Å². The van der Waals surface area contributed by atoms with Crippen LogP contribution < -0.4 is 4.90 Å². The van der Waals surface area contributed by atoms with Gasteiger partial charge in [-0.15, -0.1) is 0 Å². The summed E-state index contributed by atoms with van der Waals surface area (Å²) in [6, 6.07) is 12.1. The highest BCUT2D eigenvalue weighted by atomic mass is 16.6. The topological polar surface area (TPSA) is 96.4 Å². The van der Waals surface area contributed by atoms with Crippen LogP contribution in [0.4, 0.5) is 5.69 Å². The second-order valence-corrected chi connectivity index (χ2v) is 10.4. The maximum Gasteiger partial charge on any atom is 0.313 e. The molecule has 2 saturated heterocycles. The Balaban J connectivity index is 1.50. The van der Waals surface area contributed by atoms with Gasteiger partial charge in [0.1, 0.15) is 24.2 Å². The van der Waals surface area contributed by atoms with Crippen molar-refractivity contribution in [2.45, 2.75) is 43.6 Å². The van der Waals surface area contributed by atoms with Gasteiger partial charge >= 0.3 is 5.97 Å². The molecule has 2 aromatic carbocycles. The quantitative estimate of drug-likeness (QED) is 0.510. The van der Waals surface area contributed by atoms with E-state index in [1.807, 2.05) is 55.5 Å². The van der Waals surface area contributed by atoms with Gasteiger partial charge in [-0.3, -0.25) is 14.4 Å². The first-order chi connectivity index (χ1) is 17.8. The Hall–Kier alpha value is -3.49. The number of aliphatic hydroxyl groups is 1. The van der Waals surface area contributed by atoms with Crippen LogP contribution in [0, 0.1) is 11.8 Å². The molecule has 4 aliphatic rings. The van der Waals surface area contributed by atoms with Crippen molar-refractivity contribution >= 4 is 34.2 Å². The van der Waals surface area contributed by atoms with Crippen molar-refractivity contribution in [2.24, 2.45) is 11.8 Å². The van der Waals surface area contributed by atoms with Gasteiger partial charge in [-0.25, -0.2) is 0 Å². The zero-order valence-corrected chi connectivity index (χ0v) is 20.9. The van der Waals surface area contributed by atoms with E-state index in [4.69, 9.17) is 9.47 Å². The predicted molar refractivity (Wildman–Crippen MR) is 137 cm³/mol. The standard InChI is InChI=1S/C29H30N2O6/c1-3-20(17-32)31-24-26(34)30(21-11-10-18-8-4-5-9-19(18)16-21)14-6-13-29(24)22(25(31)33)23-27(35)36-15-7-12-28(23,2)37-29/h4-13,16,20,22-24,32H,3,14-15,17H2,1-2H3/t20-,22-,23+,24?,28-,29-/m0/s1. The summed E-state index contributed by atoms with van der Waals surface area (Å²) in [4.78, 5) is 44.9. The Morgan fingerprint density at radius 1 is 1.03 bits per heavy atom. The number of benzene rings is 2. The van der Waals surface area contributed by atoms with E-state index in [-0.39, 0.29) is 31.6 Å². The second kappa shape index (κ2) is 8.53. The number of amides is 2. The van der Waals surface area contributed by atoms with Crippen LogP contribution in [0.25, 0.3) is 10.8 Å². The maximum atomic E-state index is 14.4. The number of hydrogen-bond acceptors (Lipinski definition) is 6. The SMILES string of the molecule is CC[C@@H](CO)N1C(=O)[C@@H]2[C@@H]3C(=O)OCC=C[C@]3(C)O[C@@]23C=CCN(c2ccc4ccccc4c2)C(=O)C13. The molecule has 0 bridgehead atoms. The highest BCUT2D eigenvalue weighted by Crippen LogP contribution is 2.57. The molecule has 6 atom stereocenters. The third-order valence-corrected chi connectivity index (χ3v) is 8.37. The lowest BCUT2D eigenvalue weighted by molar-refractivity contribution is -0.157. The summed E-state index contributed by atoms with van der Waals surface area (Å²) in [6.07, 6.45) is 7.59. The predicted octanol–water partition coefficient (Wildman–Crippen LogP) is 2.60. The van der Waals surface area contributed by atoms with E-state index in [9.17, 15) is 19.5 Å². The molecular formula is C29H30N2O6. The van der Waals surface area contributed by atoms with Gasteiger partial charge in [0, 0.05) is 12.2 Å². The molecule has 4 heterocycles. The molecule has 1 spiro atoms. The van der Waals surface area contributed by atoms with Crippen LogP contribution in [0.1, 0.15) is 20.3 Å². The molecule has 2 amide bonds. The fourth-order valence-electron chi connectivity index (χ4n) is 6.68. The molecule has 8 nitrogen and oxygen atoms in total. The first kappa shape index (κ1) is 23.9. The number of hydrogen-bond donors (Lipinski definition) is 1. The number of fused-ring (bicyclic) bond motifs is 3. The summed E-state index contributed by atoms with van der Waals surface area (Å²) >= 11 is 0. The molecule has 192 valence electrons. The van der Waals surface area contributed by atoms with Crippen molar-refractivity contribution in [3.8, 4) is 0 Å². The van der Waals surface area contributed by atoms with Crippen molar-refractivity contribution in [1.82, 2.24) is 4.90 Å². The molecule has 0 saturated carbocycles. The summed E-state index contributed by atoms with van der Waals surface area (Å²) in [6.45, 7) is 3.72. The average molecular weight is 503 g/mol. The van der Waals surface area contributed by atoms with E-state index >= 15 is 0 Å². The van der Waals surface area contributed by atoms with Crippen LogP contribution in [-0.4, -0.2) is 70.8 Å². The smallest absolute Gasteiger partial charge is 0.313 e. The maximum absolute atomic E-state index is 14.4. The number of carbonyl (C=O) groups excluding carboxylic acids is 3. The Labute approximate surface area is 215 Å². The van der Waals surface area contributed by atoms with Gasteiger partial charge in [0.25, 0.3) is 5.91 Å². The van der Waals surface area contributed by atoms with Crippen LogP contribution in [0.3, 0.4) is 0 Å². The zero-order valence-electron chi connectivity index (χ0n) is 20.9. The summed E-state index contributed by atoms with van der Waals surface area (Å²) in [7, 11) is 0. The van der Waals surface area contributed by atoms with Gasteiger partial charge in [-0.05, 0) is 42.3 Å². The molecular weight excluding hydrogens is 472 g/mol.